The fraction of sp³-hybridized carbons (Fsp3) is 0.308. The molecule has 1 saturated carbocycles. The molecule has 2 rings (SSSR count). The predicted octanol–water partition coefficient (Wildman–Crippen LogP) is 2.18. The summed E-state index contributed by atoms with van der Waals surface area (Å²) in [5, 5.41) is 21.5. The van der Waals surface area contributed by atoms with Gasteiger partial charge in [0.05, 0.1) is 23.3 Å². The van der Waals surface area contributed by atoms with E-state index >= 15 is 0 Å². The van der Waals surface area contributed by atoms with E-state index in [1.54, 1.807) is 24.3 Å². The maximum atomic E-state index is 10.9. The molecule has 1 aromatic rings. The van der Waals surface area contributed by atoms with Crippen molar-refractivity contribution in [2.24, 2.45) is 11.1 Å². The zero-order valence-corrected chi connectivity index (χ0v) is 9.67. The number of carboxylic acid groups (broad SMARTS) is 1. The first-order valence-corrected chi connectivity index (χ1v) is 5.67. The van der Waals surface area contributed by atoms with E-state index in [0.29, 0.717) is 29.9 Å². The summed E-state index contributed by atoms with van der Waals surface area (Å²) in [5.41, 5.74) is 1.12. The first-order chi connectivity index (χ1) is 8.70. The molecule has 92 valence electrons. The largest absolute Gasteiger partial charge is 0.481 e. The van der Waals surface area contributed by atoms with Crippen LogP contribution in [0.25, 0.3) is 0 Å². The molecule has 1 fully saturated rings. The van der Waals surface area contributed by atoms with Gasteiger partial charge in [-0.25, -0.2) is 0 Å². The van der Waals surface area contributed by atoms with Gasteiger partial charge in [0.2, 0.25) is 0 Å². The highest BCUT2D eigenvalue weighted by atomic mass is 16.6. The minimum absolute atomic E-state index is 0.498. The average molecular weight is 244 g/mol. The van der Waals surface area contributed by atoms with Gasteiger partial charge in [0.1, 0.15) is 0 Å². The van der Waals surface area contributed by atoms with E-state index in [2.05, 4.69) is 5.16 Å². The van der Waals surface area contributed by atoms with Gasteiger partial charge in [0.15, 0.2) is 5.75 Å². The Morgan fingerprint density at radius 1 is 1.44 bits per heavy atom. The van der Waals surface area contributed by atoms with E-state index in [1.807, 2.05) is 6.07 Å². The quantitative estimate of drug-likeness (QED) is 0.826. The zero-order chi connectivity index (χ0) is 13.0. The van der Waals surface area contributed by atoms with Gasteiger partial charge in [-0.2, -0.15) is 5.26 Å². The normalized spacial score (nSPS) is 20.6. The van der Waals surface area contributed by atoms with Crippen molar-refractivity contribution in [3.8, 4) is 11.8 Å². The summed E-state index contributed by atoms with van der Waals surface area (Å²) in [6.07, 6.45) is 2.10. The Labute approximate surface area is 104 Å². The van der Waals surface area contributed by atoms with Gasteiger partial charge in [-0.3, -0.25) is 4.79 Å². The van der Waals surface area contributed by atoms with Gasteiger partial charge >= 0.3 is 5.97 Å². The van der Waals surface area contributed by atoms with E-state index in [9.17, 15) is 4.79 Å². The van der Waals surface area contributed by atoms with E-state index in [0.717, 1.165) is 6.42 Å². The molecule has 18 heavy (non-hydrogen) atoms. The van der Waals surface area contributed by atoms with Crippen molar-refractivity contribution in [2.75, 3.05) is 0 Å². The van der Waals surface area contributed by atoms with Gasteiger partial charge in [0.25, 0.3) is 0 Å². The lowest BCUT2D eigenvalue weighted by atomic mass is 10.1. The third-order valence-corrected chi connectivity index (χ3v) is 2.88. The lowest BCUT2D eigenvalue weighted by Crippen LogP contribution is -2.18. The zero-order valence-electron chi connectivity index (χ0n) is 9.67. The molecule has 1 unspecified atom stereocenters. The Balaban J connectivity index is 2.05. The predicted molar refractivity (Wildman–Crippen MR) is 64.2 cm³/mol. The SMILES string of the molecule is N#Cc1ccc(ON=C2CCCC2C(=O)O)cc1. The number of hydrogen-bond acceptors (Lipinski definition) is 4. The third-order valence-electron chi connectivity index (χ3n) is 2.88. The van der Waals surface area contributed by atoms with Crippen LogP contribution in [0.3, 0.4) is 0 Å². The first-order valence-electron chi connectivity index (χ1n) is 5.67. The molecule has 1 aliphatic rings. The summed E-state index contributed by atoms with van der Waals surface area (Å²) in [4.78, 5) is 16.1. The van der Waals surface area contributed by atoms with Gasteiger partial charge in [0, 0.05) is 0 Å². The first kappa shape index (κ1) is 12.1. The second-order valence-corrected chi connectivity index (χ2v) is 4.09. The molecule has 5 heteroatoms. The molecular formula is C13H12N2O3. The van der Waals surface area contributed by atoms with E-state index in [1.165, 1.54) is 0 Å². The fourth-order valence-electron chi connectivity index (χ4n) is 1.91. The number of benzene rings is 1. The molecule has 0 spiro atoms. The number of oxime groups is 1. The van der Waals surface area contributed by atoms with Gasteiger partial charge in [-0.05, 0) is 43.5 Å². The number of carboxylic acids is 1. The second-order valence-electron chi connectivity index (χ2n) is 4.09. The summed E-state index contributed by atoms with van der Waals surface area (Å²) >= 11 is 0. The maximum Gasteiger partial charge on any atom is 0.312 e. The third kappa shape index (κ3) is 2.66. The Kier molecular flexibility index (Phi) is 3.58. The van der Waals surface area contributed by atoms with Crippen molar-refractivity contribution in [2.45, 2.75) is 19.3 Å². The molecule has 0 saturated heterocycles. The highest BCUT2D eigenvalue weighted by Crippen LogP contribution is 2.23. The van der Waals surface area contributed by atoms with Crippen molar-refractivity contribution in [1.82, 2.24) is 0 Å². The molecule has 0 aliphatic heterocycles. The van der Waals surface area contributed by atoms with E-state index < -0.39 is 11.9 Å². The lowest BCUT2D eigenvalue weighted by Gasteiger charge is -2.05. The molecule has 1 N–H and O–H groups in total. The molecule has 1 atom stereocenters. The van der Waals surface area contributed by atoms with Crippen LogP contribution in [0.1, 0.15) is 24.8 Å². The van der Waals surface area contributed by atoms with E-state index in [-0.39, 0.29) is 0 Å². The maximum absolute atomic E-state index is 10.9. The molecule has 1 aliphatic carbocycles. The summed E-state index contributed by atoms with van der Waals surface area (Å²) in [5.74, 6) is -0.879. The Morgan fingerprint density at radius 2 is 2.17 bits per heavy atom. The summed E-state index contributed by atoms with van der Waals surface area (Å²) in [6.45, 7) is 0. The molecule has 0 radical (unpaired) electrons. The van der Waals surface area contributed by atoms with Crippen LogP contribution in [0.4, 0.5) is 0 Å². The Hall–Kier alpha value is -2.35. The number of aliphatic carboxylic acids is 1. The fourth-order valence-corrected chi connectivity index (χ4v) is 1.91. The van der Waals surface area contributed by atoms with Gasteiger partial charge in [-0.1, -0.05) is 5.16 Å². The molecule has 0 bridgehead atoms. The highest BCUT2D eigenvalue weighted by Gasteiger charge is 2.29. The number of carbonyl (C=O) groups is 1. The average Bonchev–Trinajstić information content (AvgIpc) is 2.85. The van der Waals surface area contributed by atoms with Gasteiger partial charge < -0.3 is 9.94 Å². The molecule has 0 heterocycles. The summed E-state index contributed by atoms with van der Waals surface area (Å²) < 4.78 is 0. The van der Waals surface area contributed by atoms with Crippen LogP contribution in [0.2, 0.25) is 0 Å². The summed E-state index contributed by atoms with van der Waals surface area (Å²) in [7, 11) is 0. The van der Waals surface area contributed by atoms with Crippen LogP contribution >= 0.6 is 0 Å². The van der Waals surface area contributed by atoms with Crippen molar-refractivity contribution < 1.29 is 14.7 Å². The minimum Gasteiger partial charge on any atom is -0.481 e. The van der Waals surface area contributed by atoms with Crippen LogP contribution in [0.5, 0.6) is 5.75 Å². The molecule has 0 aromatic heterocycles. The monoisotopic (exact) mass is 244 g/mol. The Bertz CT molecular complexity index is 514. The standard InChI is InChI=1S/C13H12N2O3/c14-8-9-4-6-10(7-5-9)18-15-12-3-1-2-11(12)13(16)17/h4-7,11H,1-3H2,(H,16,17). The smallest absolute Gasteiger partial charge is 0.312 e. The number of hydrogen-bond donors (Lipinski definition) is 1. The lowest BCUT2D eigenvalue weighted by molar-refractivity contribution is -0.139. The van der Waals surface area contributed by atoms with E-state index in [4.69, 9.17) is 15.2 Å². The molecule has 0 amide bonds. The van der Waals surface area contributed by atoms with Crippen molar-refractivity contribution in [3.63, 3.8) is 0 Å². The number of nitrogens with zero attached hydrogens (tertiary/aromatic N) is 2. The van der Waals surface area contributed by atoms with Crippen LogP contribution < -0.4 is 4.84 Å². The van der Waals surface area contributed by atoms with Crippen LogP contribution in [-0.4, -0.2) is 16.8 Å². The van der Waals surface area contributed by atoms with Crippen molar-refractivity contribution >= 4 is 11.7 Å². The number of rotatable bonds is 3. The van der Waals surface area contributed by atoms with Gasteiger partial charge in [-0.15, -0.1) is 0 Å². The summed E-state index contributed by atoms with van der Waals surface area (Å²) in [6, 6.07) is 8.52. The Morgan fingerprint density at radius 3 is 2.78 bits per heavy atom. The molecule has 1 aromatic carbocycles. The molecular weight excluding hydrogens is 232 g/mol. The van der Waals surface area contributed by atoms with Crippen molar-refractivity contribution in [3.05, 3.63) is 29.8 Å². The highest BCUT2D eigenvalue weighted by molar-refractivity contribution is 6.02. The van der Waals surface area contributed by atoms with Crippen LogP contribution in [0.15, 0.2) is 29.4 Å². The minimum atomic E-state index is -0.852. The second kappa shape index (κ2) is 5.32. The molecule has 5 nitrogen and oxygen atoms in total. The van der Waals surface area contributed by atoms with Crippen LogP contribution in [0, 0.1) is 17.2 Å². The topological polar surface area (TPSA) is 82.7 Å². The number of nitriles is 1. The van der Waals surface area contributed by atoms with Crippen molar-refractivity contribution in [1.29, 1.82) is 5.26 Å². The van der Waals surface area contributed by atoms with Crippen LogP contribution in [-0.2, 0) is 4.79 Å².